The lowest BCUT2D eigenvalue weighted by molar-refractivity contribution is -0.132. The molecule has 0 bridgehead atoms. The Balaban J connectivity index is 1.26. The summed E-state index contributed by atoms with van der Waals surface area (Å²) in [5.41, 5.74) is 4.42. The molecule has 1 aliphatic rings. The Bertz CT molecular complexity index is 1090. The molecule has 0 saturated carbocycles. The normalized spacial score (nSPS) is 17.4. The summed E-state index contributed by atoms with van der Waals surface area (Å²) >= 11 is 0. The average molecular weight is 372 g/mol. The molecule has 1 aliphatic heterocycles. The van der Waals surface area contributed by atoms with Crippen LogP contribution in [0.5, 0.6) is 0 Å². The second-order valence-electron chi connectivity index (χ2n) is 7.68. The van der Waals surface area contributed by atoms with Crippen molar-refractivity contribution in [2.45, 2.75) is 31.6 Å². The lowest BCUT2D eigenvalue weighted by Crippen LogP contribution is -2.39. The van der Waals surface area contributed by atoms with Crippen molar-refractivity contribution in [3.05, 3.63) is 66.1 Å². The van der Waals surface area contributed by atoms with Crippen LogP contribution < -0.4 is 0 Å². The minimum atomic E-state index is 0.242. The highest BCUT2D eigenvalue weighted by Gasteiger charge is 2.26. The molecule has 5 nitrogen and oxygen atoms in total. The molecule has 5 heteroatoms. The predicted octanol–water partition coefficient (Wildman–Crippen LogP) is 4.38. The van der Waals surface area contributed by atoms with E-state index in [9.17, 15) is 4.79 Å². The highest BCUT2D eigenvalue weighted by Crippen LogP contribution is 2.27. The van der Waals surface area contributed by atoms with Gasteiger partial charge in [0.1, 0.15) is 5.82 Å². The van der Waals surface area contributed by atoms with Crippen LogP contribution in [0.15, 0.2) is 54.7 Å². The summed E-state index contributed by atoms with van der Waals surface area (Å²) in [6.07, 6.45) is 5.46. The number of hydrogen-bond acceptors (Lipinski definition) is 2. The summed E-state index contributed by atoms with van der Waals surface area (Å²) < 4.78 is 0. The van der Waals surface area contributed by atoms with Gasteiger partial charge < -0.3 is 14.9 Å². The van der Waals surface area contributed by atoms with Crippen molar-refractivity contribution in [3.63, 3.8) is 0 Å². The van der Waals surface area contributed by atoms with Crippen molar-refractivity contribution in [1.82, 2.24) is 19.9 Å². The summed E-state index contributed by atoms with van der Waals surface area (Å²) in [5, 5.41) is 1.22. The van der Waals surface area contributed by atoms with Gasteiger partial charge in [-0.2, -0.15) is 0 Å². The Morgan fingerprint density at radius 2 is 1.93 bits per heavy atom. The number of piperidine rings is 1. The Labute approximate surface area is 163 Å². The summed E-state index contributed by atoms with van der Waals surface area (Å²) in [6.45, 7) is 1.61. The largest absolute Gasteiger partial charge is 0.361 e. The number of H-pyrrole nitrogens is 2. The monoisotopic (exact) mass is 372 g/mol. The van der Waals surface area contributed by atoms with E-state index in [1.165, 1.54) is 10.9 Å². The van der Waals surface area contributed by atoms with Crippen LogP contribution in [0.4, 0.5) is 0 Å². The van der Waals surface area contributed by atoms with E-state index < -0.39 is 0 Å². The fraction of sp³-hybridized carbons (Fsp3) is 0.304. The molecule has 1 saturated heterocycles. The molecule has 1 fully saturated rings. The van der Waals surface area contributed by atoms with Crippen LogP contribution in [0.2, 0.25) is 0 Å². The summed E-state index contributed by atoms with van der Waals surface area (Å²) in [7, 11) is 0. The van der Waals surface area contributed by atoms with Gasteiger partial charge in [-0.3, -0.25) is 4.79 Å². The summed E-state index contributed by atoms with van der Waals surface area (Å²) in [5.74, 6) is 1.54. The van der Waals surface area contributed by atoms with Crippen molar-refractivity contribution >= 4 is 27.8 Å². The van der Waals surface area contributed by atoms with Gasteiger partial charge in [0.2, 0.25) is 5.91 Å². The van der Waals surface area contributed by atoms with Crippen LogP contribution in [-0.4, -0.2) is 38.8 Å². The number of aromatic amines is 2. The van der Waals surface area contributed by atoms with Crippen molar-refractivity contribution in [3.8, 4) is 0 Å². The zero-order chi connectivity index (χ0) is 18.9. The molecule has 0 spiro atoms. The van der Waals surface area contributed by atoms with Crippen molar-refractivity contribution < 1.29 is 4.79 Å². The molecule has 0 radical (unpaired) electrons. The van der Waals surface area contributed by atoms with Gasteiger partial charge in [0, 0.05) is 42.5 Å². The van der Waals surface area contributed by atoms with E-state index in [2.05, 4.69) is 28.2 Å². The van der Waals surface area contributed by atoms with Gasteiger partial charge in [-0.15, -0.1) is 0 Å². The third-order valence-electron chi connectivity index (χ3n) is 5.85. The molecule has 2 aromatic carbocycles. The number of nitrogens with one attached hydrogen (secondary N) is 2. The minimum Gasteiger partial charge on any atom is -0.361 e. The number of amides is 1. The number of rotatable bonds is 4. The molecule has 28 heavy (non-hydrogen) atoms. The molecule has 1 atom stereocenters. The van der Waals surface area contributed by atoms with Gasteiger partial charge in [-0.25, -0.2) is 4.98 Å². The maximum Gasteiger partial charge on any atom is 0.222 e. The summed E-state index contributed by atoms with van der Waals surface area (Å²) in [6, 6.07) is 16.4. The van der Waals surface area contributed by atoms with E-state index in [1.807, 2.05) is 41.4 Å². The Morgan fingerprint density at radius 1 is 1.11 bits per heavy atom. The molecule has 4 aromatic rings. The SMILES string of the molecule is O=C(CCc1c[nH]c2ccccc12)N1CCCC(c2nc3ccccc3[nH]2)C1. The van der Waals surface area contributed by atoms with Gasteiger partial charge in [-0.05, 0) is 43.0 Å². The lowest BCUT2D eigenvalue weighted by atomic mass is 9.96. The van der Waals surface area contributed by atoms with Crippen molar-refractivity contribution in [2.75, 3.05) is 13.1 Å². The highest BCUT2D eigenvalue weighted by atomic mass is 16.2. The maximum absolute atomic E-state index is 12.9. The third kappa shape index (κ3) is 3.17. The molecule has 3 heterocycles. The van der Waals surface area contributed by atoms with E-state index in [0.29, 0.717) is 6.42 Å². The first-order valence-corrected chi connectivity index (χ1v) is 10.1. The van der Waals surface area contributed by atoms with Gasteiger partial charge >= 0.3 is 0 Å². The zero-order valence-electron chi connectivity index (χ0n) is 15.8. The Morgan fingerprint density at radius 3 is 2.82 bits per heavy atom. The number of likely N-dealkylation sites (tertiary alicyclic amines) is 1. The van der Waals surface area contributed by atoms with Crippen molar-refractivity contribution in [2.24, 2.45) is 0 Å². The van der Waals surface area contributed by atoms with E-state index in [1.54, 1.807) is 0 Å². The molecule has 2 aromatic heterocycles. The van der Waals surface area contributed by atoms with E-state index in [-0.39, 0.29) is 11.8 Å². The summed E-state index contributed by atoms with van der Waals surface area (Å²) in [4.78, 5) is 26.4. The Hall–Kier alpha value is -3.08. The van der Waals surface area contributed by atoms with Gasteiger partial charge in [0.25, 0.3) is 0 Å². The number of nitrogens with zero attached hydrogens (tertiary/aromatic N) is 2. The van der Waals surface area contributed by atoms with Crippen LogP contribution >= 0.6 is 0 Å². The molecular weight excluding hydrogens is 348 g/mol. The van der Waals surface area contributed by atoms with E-state index in [0.717, 1.165) is 54.7 Å². The lowest BCUT2D eigenvalue weighted by Gasteiger charge is -2.32. The molecule has 1 amide bonds. The molecular formula is C23H24N4O. The standard InChI is InChI=1S/C23H24N4O/c28-22(12-11-16-14-24-19-8-2-1-7-18(16)19)27-13-5-6-17(15-27)23-25-20-9-3-4-10-21(20)26-23/h1-4,7-10,14,17,24H,5-6,11-13,15H2,(H,25,26). The number of hydrogen-bond donors (Lipinski definition) is 2. The predicted molar refractivity (Wildman–Crippen MR) is 111 cm³/mol. The van der Waals surface area contributed by atoms with Crippen molar-refractivity contribution in [1.29, 1.82) is 0 Å². The number of fused-ring (bicyclic) bond motifs is 2. The first-order chi connectivity index (χ1) is 13.8. The molecule has 5 rings (SSSR count). The highest BCUT2D eigenvalue weighted by molar-refractivity contribution is 5.84. The van der Waals surface area contributed by atoms with E-state index in [4.69, 9.17) is 4.98 Å². The number of benzene rings is 2. The first kappa shape index (κ1) is 17.0. The fourth-order valence-electron chi connectivity index (χ4n) is 4.33. The third-order valence-corrected chi connectivity index (χ3v) is 5.85. The van der Waals surface area contributed by atoms with Crippen LogP contribution in [-0.2, 0) is 11.2 Å². The minimum absolute atomic E-state index is 0.242. The molecule has 2 N–H and O–H groups in total. The van der Waals surface area contributed by atoms with Gasteiger partial charge in [0.15, 0.2) is 0 Å². The number of aryl methyl sites for hydroxylation is 1. The number of aromatic nitrogens is 3. The second-order valence-corrected chi connectivity index (χ2v) is 7.68. The molecule has 0 aliphatic carbocycles. The number of carbonyl (C=O) groups is 1. The average Bonchev–Trinajstić information content (AvgIpc) is 3.36. The quantitative estimate of drug-likeness (QED) is 0.558. The fourth-order valence-corrected chi connectivity index (χ4v) is 4.33. The Kier molecular flexibility index (Phi) is 4.35. The van der Waals surface area contributed by atoms with Crippen LogP contribution in [0.1, 0.15) is 36.6 Å². The second kappa shape index (κ2) is 7.15. The zero-order valence-corrected chi connectivity index (χ0v) is 15.8. The smallest absolute Gasteiger partial charge is 0.222 e. The number of carbonyl (C=O) groups excluding carboxylic acids is 1. The van der Waals surface area contributed by atoms with E-state index >= 15 is 0 Å². The van der Waals surface area contributed by atoms with Crippen LogP contribution in [0.3, 0.4) is 0 Å². The topological polar surface area (TPSA) is 64.8 Å². The molecule has 142 valence electrons. The van der Waals surface area contributed by atoms with Crippen LogP contribution in [0, 0.1) is 0 Å². The maximum atomic E-state index is 12.9. The molecule has 1 unspecified atom stereocenters. The number of imidazole rings is 1. The van der Waals surface area contributed by atoms with Gasteiger partial charge in [-0.1, -0.05) is 30.3 Å². The van der Waals surface area contributed by atoms with Gasteiger partial charge in [0.05, 0.1) is 11.0 Å². The first-order valence-electron chi connectivity index (χ1n) is 10.1. The van der Waals surface area contributed by atoms with Crippen LogP contribution in [0.25, 0.3) is 21.9 Å². The number of para-hydroxylation sites is 3.